The topological polar surface area (TPSA) is 66.5 Å². The number of carbonyl (C=O) groups excluding carboxylic acids is 3. The summed E-state index contributed by atoms with van der Waals surface area (Å²) >= 11 is 2.20. The van der Waals surface area contributed by atoms with Crippen LogP contribution in [0.5, 0.6) is 0 Å². The van der Waals surface area contributed by atoms with Crippen molar-refractivity contribution in [1.29, 1.82) is 0 Å². The first kappa shape index (κ1) is 16.5. The molecule has 7 atom stereocenters. The average molecular weight is 462 g/mol. The zero-order valence-electron chi connectivity index (χ0n) is 14.3. The van der Waals surface area contributed by atoms with Crippen molar-refractivity contribution in [2.24, 2.45) is 35.5 Å². The van der Waals surface area contributed by atoms with E-state index in [2.05, 4.69) is 40.1 Å². The van der Waals surface area contributed by atoms with Crippen molar-refractivity contribution in [2.45, 2.75) is 19.4 Å². The summed E-state index contributed by atoms with van der Waals surface area (Å²) in [7, 11) is 0. The van der Waals surface area contributed by atoms with E-state index in [-0.39, 0.29) is 41.4 Å². The first-order valence-electron chi connectivity index (χ1n) is 9.09. The van der Waals surface area contributed by atoms with E-state index in [1.165, 1.54) is 4.90 Å². The molecule has 134 valence electrons. The van der Waals surface area contributed by atoms with Crippen molar-refractivity contribution in [3.63, 3.8) is 0 Å². The Balaban J connectivity index is 1.37. The maximum absolute atomic E-state index is 13.0. The Bertz CT molecular complexity index is 813. The Morgan fingerprint density at radius 1 is 1.08 bits per heavy atom. The van der Waals surface area contributed by atoms with Crippen molar-refractivity contribution in [3.8, 4) is 0 Å². The number of nitrogens with zero attached hydrogens (tertiary/aromatic N) is 1. The Labute approximate surface area is 165 Å². The van der Waals surface area contributed by atoms with Crippen LogP contribution in [0.25, 0.3) is 0 Å². The lowest BCUT2D eigenvalue weighted by Crippen LogP contribution is -2.46. The molecule has 1 N–H and O–H groups in total. The number of halogens is 1. The number of amides is 3. The van der Waals surface area contributed by atoms with E-state index in [9.17, 15) is 14.4 Å². The molecule has 6 rings (SSSR count). The van der Waals surface area contributed by atoms with Crippen LogP contribution in [0.4, 0.5) is 5.69 Å². The molecule has 0 spiro atoms. The van der Waals surface area contributed by atoms with Gasteiger partial charge < -0.3 is 5.32 Å². The highest BCUT2D eigenvalue weighted by Crippen LogP contribution is 2.65. The summed E-state index contributed by atoms with van der Waals surface area (Å²) in [6.45, 7) is 1.64. The van der Waals surface area contributed by atoms with Gasteiger partial charge >= 0.3 is 0 Å². The van der Waals surface area contributed by atoms with Crippen LogP contribution in [0.1, 0.15) is 13.3 Å². The van der Waals surface area contributed by atoms with E-state index < -0.39 is 6.04 Å². The number of hydrogen-bond donors (Lipinski definition) is 1. The second kappa shape index (κ2) is 5.65. The molecule has 1 heterocycles. The molecule has 1 aliphatic heterocycles. The van der Waals surface area contributed by atoms with E-state index in [0.29, 0.717) is 17.5 Å². The minimum absolute atomic E-state index is 0.157. The van der Waals surface area contributed by atoms with Crippen molar-refractivity contribution in [1.82, 2.24) is 4.90 Å². The summed E-state index contributed by atoms with van der Waals surface area (Å²) < 4.78 is 1.07. The highest BCUT2D eigenvalue weighted by Gasteiger charge is 2.67. The smallest absolute Gasteiger partial charge is 0.247 e. The van der Waals surface area contributed by atoms with Crippen molar-refractivity contribution >= 4 is 46.0 Å². The van der Waals surface area contributed by atoms with Gasteiger partial charge in [0.15, 0.2) is 0 Å². The largest absolute Gasteiger partial charge is 0.324 e. The van der Waals surface area contributed by atoms with Crippen LogP contribution >= 0.6 is 22.6 Å². The minimum atomic E-state index is -0.796. The minimum Gasteiger partial charge on any atom is -0.324 e. The Hall–Kier alpha value is -1.70. The van der Waals surface area contributed by atoms with E-state index in [1.54, 1.807) is 6.92 Å². The van der Waals surface area contributed by atoms with Gasteiger partial charge in [-0.15, -0.1) is 0 Å². The number of anilines is 1. The number of nitrogens with one attached hydrogen (secondary N) is 1. The molecule has 5 nitrogen and oxygen atoms in total. The van der Waals surface area contributed by atoms with Crippen LogP contribution < -0.4 is 5.32 Å². The number of benzene rings is 1. The number of rotatable bonds is 3. The first-order valence-corrected chi connectivity index (χ1v) is 10.2. The molecule has 3 amide bonds. The summed E-state index contributed by atoms with van der Waals surface area (Å²) in [6, 6.07) is 6.64. The molecule has 6 heteroatoms. The molecule has 5 aliphatic rings. The average Bonchev–Trinajstić information content (AvgIpc) is 3.41. The molecule has 26 heavy (non-hydrogen) atoms. The normalized spacial score (nSPS) is 37.4. The van der Waals surface area contributed by atoms with E-state index in [0.717, 1.165) is 9.99 Å². The first-order chi connectivity index (χ1) is 12.5. The predicted octanol–water partition coefficient (Wildman–Crippen LogP) is 2.67. The maximum atomic E-state index is 13.0. The summed E-state index contributed by atoms with van der Waals surface area (Å²) in [5.41, 5.74) is 0.668. The Morgan fingerprint density at radius 2 is 1.62 bits per heavy atom. The van der Waals surface area contributed by atoms with Gasteiger partial charge in [-0.25, -0.2) is 0 Å². The van der Waals surface area contributed by atoms with Gasteiger partial charge in [-0.3, -0.25) is 19.3 Å². The van der Waals surface area contributed by atoms with Crippen LogP contribution in [0.3, 0.4) is 0 Å². The summed E-state index contributed by atoms with van der Waals surface area (Å²) in [4.78, 5) is 40.0. The fourth-order valence-corrected chi connectivity index (χ4v) is 5.62. The molecular formula is C20H19IN2O3. The molecule has 1 aromatic carbocycles. The number of carbonyl (C=O) groups is 3. The Morgan fingerprint density at radius 3 is 2.15 bits per heavy atom. The van der Waals surface area contributed by atoms with Gasteiger partial charge in [-0.1, -0.05) is 12.2 Å². The highest BCUT2D eigenvalue weighted by atomic mass is 127. The zero-order valence-corrected chi connectivity index (χ0v) is 16.4. The molecule has 1 aromatic rings. The Kier molecular flexibility index (Phi) is 3.58. The molecule has 2 saturated carbocycles. The molecule has 0 radical (unpaired) electrons. The summed E-state index contributed by atoms with van der Waals surface area (Å²) in [5, 5.41) is 2.82. The van der Waals surface area contributed by atoms with Gasteiger partial charge in [-0.05, 0) is 83.9 Å². The zero-order chi connectivity index (χ0) is 18.2. The fourth-order valence-electron chi connectivity index (χ4n) is 5.26. The number of likely N-dealkylation sites (tertiary alicyclic amines) is 1. The molecular weight excluding hydrogens is 443 g/mol. The van der Waals surface area contributed by atoms with Crippen molar-refractivity contribution in [3.05, 3.63) is 40.0 Å². The quantitative estimate of drug-likeness (QED) is 0.427. The van der Waals surface area contributed by atoms with Crippen LogP contribution in [0.2, 0.25) is 0 Å². The van der Waals surface area contributed by atoms with Gasteiger partial charge in [0, 0.05) is 9.26 Å². The van der Waals surface area contributed by atoms with E-state index in [1.807, 2.05) is 24.3 Å². The maximum Gasteiger partial charge on any atom is 0.247 e. The van der Waals surface area contributed by atoms with Crippen LogP contribution in [-0.4, -0.2) is 28.7 Å². The van der Waals surface area contributed by atoms with Gasteiger partial charge in [0.1, 0.15) is 6.04 Å². The number of hydrogen-bond acceptors (Lipinski definition) is 3. The lowest BCUT2D eigenvalue weighted by atomic mass is 9.63. The monoisotopic (exact) mass is 462 g/mol. The third kappa shape index (κ3) is 2.23. The molecule has 4 aliphatic carbocycles. The fraction of sp³-hybridized carbons (Fsp3) is 0.450. The summed E-state index contributed by atoms with van der Waals surface area (Å²) in [5.74, 6) is 0.357. The van der Waals surface area contributed by atoms with Crippen LogP contribution in [-0.2, 0) is 14.4 Å². The molecule has 1 saturated heterocycles. The van der Waals surface area contributed by atoms with Gasteiger partial charge in [0.2, 0.25) is 17.7 Å². The lowest BCUT2D eigenvalue weighted by molar-refractivity contribution is -0.146. The van der Waals surface area contributed by atoms with Crippen molar-refractivity contribution < 1.29 is 14.4 Å². The SMILES string of the molecule is C[C@@H](C(=O)Nc1ccc(I)cc1)N1C(=O)[C@@H]2[C@H]3C=C[C@H]([C@@H]4C[C@H]34)[C@@H]2C1=O. The second-order valence-corrected chi connectivity index (χ2v) is 9.12. The molecule has 0 aromatic heterocycles. The van der Waals surface area contributed by atoms with Gasteiger partial charge in [0.05, 0.1) is 11.8 Å². The van der Waals surface area contributed by atoms with Crippen LogP contribution in [0.15, 0.2) is 36.4 Å². The number of imide groups is 1. The van der Waals surface area contributed by atoms with E-state index >= 15 is 0 Å². The standard InChI is InChI=1S/C20H19IN2O3/c1-9(18(24)22-11-4-2-10(21)3-5-11)23-19(25)16-12-6-7-13(15-8-14(12)15)17(16)20(23)26/h2-7,9,12-17H,8H2,1H3,(H,22,24)/t9-,12-,13+,14+,15-,16+,17-/m0/s1. The van der Waals surface area contributed by atoms with Gasteiger partial charge in [0.25, 0.3) is 0 Å². The lowest BCUT2D eigenvalue weighted by Gasteiger charge is -2.37. The second-order valence-electron chi connectivity index (χ2n) is 7.87. The molecule has 2 bridgehead atoms. The van der Waals surface area contributed by atoms with Gasteiger partial charge in [-0.2, -0.15) is 0 Å². The summed E-state index contributed by atoms with van der Waals surface area (Å²) in [6.07, 6.45) is 5.43. The van der Waals surface area contributed by atoms with E-state index in [4.69, 9.17) is 0 Å². The third-order valence-corrected chi connectivity index (χ3v) is 7.29. The predicted molar refractivity (Wildman–Crippen MR) is 104 cm³/mol. The highest BCUT2D eigenvalue weighted by molar-refractivity contribution is 14.1. The third-order valence-electron chi connectivity index (χ3n) is 6.58. The molecule has 3 fully saturated rings. The molecule has 0 unspecified atom stereocenters. The number of allylic oxidation sites excluding steroid dienone is 2. The van der Waals surface area contributed by atoms with Crippen LogP contribution in [0, 0.1) is 39.1 Å². The van der Waals surface area contributed by atoms with Crippen molar-refractivity contribution in [2.75, 3.05) is 5.32 Å².